The van der Waals surface area contributed by atoms with Crippen LogP contribution in [0.2, 0.25) is 0 Å². The lowest BCUT2D eigenvalue weighted by Gasteiger charge is -2.29. The van der Waals surface area contributed by atoms with Crippen molar-refractivity contribution in [2.75, 3.05) is 6.54 Å². The lowest BCUT2D eigenvalue weighted by molar-refractivity contribution is -0.130. The van der Waals surface area contributed by atoms with Crippen LogP contribution in [0.3, 0.4) is 0 Å². The van der Waals surface area contributed by atoms with Gasteiger partial charge >= 0.3 is 0 Å². The van der Waals surface area contributed by atoms with Gasteiger partial charge in [0.15, 0.2) is 5.37 Å². The minimum Gasteiger partial charge on any atom is -0.390 e. The molecule has 0 bridgehead atoms. The van der Waals surface area contributed by atoms with Crippen molar-refractivity contribution in [3.05, 3.63) is 96.1 Å². The van der Waals surface area contributed by atoms with E-state index in [0.29, 0.717) is 31.7 Å². The number of nitrogens with one attached hydrogen (secondary N) is 3. The van der Waals surface area contributed by atoms with Gasteiger partial charge in [-0.15, -0.1) is 11.8 Å². The number of benzene rings is 4. The molecule has 4 aromatic carbocycles. The summed E-state index contributed by atoms with van der Waals surface area (Å²) >= 11 is 1.37. The molecule has 0 aliphatic rings. The van der Waals surface area contributed by atoms with Crippen molar-refractivity contribution in [3.63, 3.8) is 0 Å². The van der Waals surface area contributed by atoms with E-state index in [1.165, 1.54) is 11.8 Å². The molecule has 4 N–H and O–H groups in total. The van der Waals surface area contributed by atoms with Crippen molar-refractivity contribution in [2.24, 2.45) is 17.8 Å². The first-order valence-corrected chi connectivity index (χ1v) is 19.0. The van der Waals surface area contributed by atoms with E-state index in [-0.39, 0.29) is 35.3 Å². The Morgan fingerprint density at radius 3 is 1.78 bits per heavy atom. The lowest BCUT2D eigenvalue weighted by atomic mass is 9.88. The Labute approximate surface area is 302 Å². The van der Waals surface area contributed by atoms with E-state index >= 15 is 0 Å². The molecule has 0 aliphatic carbocycles. The summed E-state index contributed by atoms with van der Waals surface area (Å²) in [7, 11) is 0. The van der Waals surface area contributed by atoms with Crippen LogP contribution in [0.1, 0.15) is 71.9 Å². The fourth-order valence-electron chi connectivity index (χ4n) is 6.33. The molecule has 0 spiro atoms. The second-order valence-corrected chi connectivity index (χ2v) is 16.0. The first-order valence-electron chi connectivity index (χ1n) is 18.1. The van der Waals surface area contributed by atoms with Crippen molar-refractivity contribution in [1.29, 1.82) is 0 Å². The molecular weight excluding hydrogens is 643 g/mol. The summed E-state index contributed by atoms with van der Waals surface area (Å²) in [6.45, 7) is 12.7. The van der Waals surface area contributed by atoms with E-state index in [1.807, 2.05) is 64.1 Å². The standard InChI is InChI=1S/C42H55N3O4S/c1-7-29(6)26-43-39(47)25-38(46)37(22-27(2)3)44-41(49)42(50-28(4)5)45-40(48)34(23-32-18-12-16-30-14-8-10-20-35(30)32)24-33-19-13-17-31-15-9-11-21-36(31)33/h8-21,27-29,34,37-38,42,46H,7,22-26H2,1-6H3,(H,43,47)(H,44,49)(H,45,48)/t29-,37-,38+,42+/m0/s1. The van der Waals surface area contributed by atoms with Crippen LogP contribution in [0.4, 0.5) is 0 Å². The highest BCUT2D eigenvalue weighted by atomic mass is 32.2. The van der Waals surface area contributed by atoms with E-state index in [0.717, 1.165) is 39.1 Å². The van der Waals surface area contributed by atoms with Gasteiger partial charge in [0.2, 0.25) is 11.8 Å². The van der Waals surface area contributed by atoms with E-state index in [1.54, 1.807) is 0 Å². The molecule has 4 rings (SSSR count). The Kier molecular flexibility index (Phi) is 14.7. The van der Waals surface area contributed by atoms with Crippen LogP contribution in [-0.2, 0) is 27.2 Å². The summed E-state index contributed by atoms with van der Waals surface area (Å²) in [6.07, 6.45) is 1.25. The van der Waals surface area contributed by atoms with Gasteiger partial charge in [-0.1, -0.05) is 133 Å². The number of aliphatic hydroxyl groups excluding tert-OH is 1. The largest absolute Gasteiger partial charge is 0.390 e. The molecule has 0 saturated carbocycles. The maximum absolute atomic E-state index is 14.4. The van der Waals surface area contributed by atoms with Crippen molar-refractivity contribution in [1.82, 2.24) is 16.0 Å². The highest BCUT2D eigenvalue weighted by molar-refractivity contribution is 8.01. The van der Waals surface area contributed by atoms with Gasteiger partial charge in [0.05, 0.1) is 18.6 Å². The Morgan fingerprint density at radius 1 is 0.720 bits per heavy atom. The predicted octanol–water partition coefficient (Wildman–Crippen LogP) is 7.42. The molecule has 0 heterocycles. The van der Waals surface area contributed by atoms with Crippen LogP contribution in [0.15, 0.2) is 84.9 Å². The number of fused-ring (bicyclic) bond motifs is 2. The predicted molar refractivity (Wildman–Crippen MR) is 208 cm³/mol. The Hall–Kier alpha value is -3.88. The number of thioether (sulfide) groups is 1. The summed E-state index contributed by atoms with van der Waals surface area (Å²) in [5, 5.41) is 23.8. The highest BCUT2D eigenvalue weighted by Gasteiger charge is 2.32. The second-order valence-electron chi connectivity index (χ2n) is 14.3. The van der Waals surface area contributed by atoms with Gasteiger partial charge in [0.1, 0.15) is 0 Å². The highest BCUT2D eigenvalue weighted by Crippen LogP contribution is 2.27. The summed E-state index contributed by atoms with van der Waals surface area (Å²) in [4.78, 5) is 41.1. The van der Waals surface area contributed by atoms with Gasteiger partial charge in [0, 0.05) is 17.7 Å². The van der Waals surface area contributed by atoms with Gasteiger partial charge in [-0.05, 0) is 63.8 Å². The molecule has 0 aromatic heterocycles. The summed E-state index contributed by atoms with van der Waals surface area (Å²) < 4.78 is 0. The van der Waals surface area contributed by atoms with Crippen LogP contribution in [0.25, 0.3) is 21.5 Å². The fraction of sp³-hybridized carbons (Fsp3) is 0.452. The Morgan fingerprint density at radius 2 is 1.26 bits per heavy atom. The molecule has 50 heavy (non-hydrogen) atoms. The third-order valence-corrected chi connectivity index (χ3v) is 10.4. The minimum absolute atomic E-state index is 0.0421. The monoisotopic (exact) mass is 697 g/mol. The molecule has 3 amide bonds. The summed E-state index contributed by atoms with van der Waals surface area (Å²) in [5.74, 6) is -0.785. The molecule has 0 saturated heterocycles. The smallest absolute Gasteiger partial charge is 0.253 e. The van der Waals surface area contributed by atoms with Crippen molar-refractivity contribution >= 4 is 51.0 Å². The van der Waals surface area contributed by atoms with Crippen LogP contribution >= 0.6 is 11.8 Å². The number of hydrogen-bond acceptors (Lipinski definition) is 5. The third-order valence-electron chi connectivity index (χ3n) is 9.24. The van der Waals surface area contributed by atoms with Gasteiger partial charge in [-0.3, -0.25) is 14.4 Å². The van der Waals surface area contributed by atoms with Crippen LogP contribution in [0, 0.1) is 17.8 Å². The first-order chi connectivity index (χ1) is 23.9. The molecule has 4 aromatic rings. The van der Waals surface area contributed by atoms with E-state index in [2.05, 4.69) is 78.3 Å². The molecular formula is C42H55N3O4S. The number of carbonyl (C=O) groups excluding carboxylic acids is 3. The maximum Gasteiger partial charge on any atom is 0.253 e. The quantitative estimate of drug-likeness (QED) is 0.0810. The average molecular weight is 698 g/mol. The third kappa shape index (κ3) is 11.3. The zero-order valence-corrected chi connectivity index (χ0v) is 31.3. The van der Waals surface area contributed by atoms with Gasteiger partial charge in [-0.2, -0.15) is 0 Å². The van der Waals surface area contributed by atoms with Crippen LogP contribution < -0.4 is 16.0 Å². The number of carbonyl (C=O) groups is 3. The van der Waals surface area contributed by atoms with E-state index in [4.69, 9.17) is 0 Å². The van der Waals surface area contributed by atoms with Crippen LogP contribution in [-0.4, -0.2) is 52.1 Å². The number of rotatable bonds is 18. The van der Waals surface area contributed by atoms with E-state index < -0.39 is 23.4 Å². The maximum atomic E-state index is 14.4. The first kappa shape index (κ1) is 38.9. The van der Waals surface area contributed by atoms with Crippen molar-refractivity contribution in [3.8, 4) is 0 Å². The summed E-state index contributed by atoms with van der Waals surface area (Å²) in [6, 6.07) is 28.1. The number of amides is 3. The molecule has 0 unspecified atom stereocenters. The topological polar surface area (TPSA) is 108 Å². The van der Waals surface area contributed by atoms with Crippen molar-refractivity contribution < 1.29 is 19.5 Å². The normalized spacial score (nSPS) is 14.1. The summed E-state index contributed by atoms with van der Waals surface area (Å²) in [5.41, 5.74) is 2.15. The van der Waals surface area contributed by atoms with Crippen LogP contribution in [0.5, 0.6) is 0 Å². The van der Waals surface area contributed by atoms with Gasteiger partial charge < -0.3 is 21.1 Å². The zero-order chi connectivity index (χ0) is 36.2. The van der Waals surface area contributed by atoms with Crippen molar-refractivity contribution in [2.45, 2.75) is 96.4 Å². The Balaban J connectivity index is 1.58. The minimum atomic E-state index is -1.07. The average Bonchev–Trinajstić information content (AvgIpc) is 3.09. The second kappa shape index (κ2) is 18.9. The van der Waals surface area contributed by atoms with Gasteiger partial charge in [0.25, 0.3) is 5.91 Å². The molecule has 268 valence electrons. The zero-order valence-electron chi connectivity index (χ0n) is 30.4. The molecule has 0 radical (unpaired) electrons. The fourth-order valence-corrected chi connectivity index (χ4v) is 7.25. The Bertz CT molecular complexity index is 1630. The van der Waals surface area contributed by atoms with E-state index in [9.17, 15) is 19.5 Å². The molecule has 0 fully saturated rings. The number of hydrogen-bond donors (Lipinski definition) is 4. The lowest BCUT2D eigenvalue weighted by Crippen LogP contribution is -2.53. The number of aliphatic hydroxyl groups is 1. The molecule has 7 nitrogen and oxygen atoms in total. The molecule has 8 heteroatoms. The SMILES string of the molecule is CC[C@H](C)CNC(=O)C[C@@H](O)[C@H](CC(C)C)NC(=O)[C@H](NC(=O)C(Cc1cccc2ccccc12)Cc1cccc2ccccc12)SC(C)C. The molecule has 0 aliphatic heterocycles. The van der Waals surface area contributed by atoms with Gasteiger partial charge in [-0.25, -0.2) is 0 Å². The molecule has 4 atom stereocenters.